The molecule has 1 aromatic heterocycles. The van der Waals surface area contributed by atoms with E-state index in [1.807, 2.05) is 0 Å². The predicted octanol–water partition coefficient (Wildman–Crippen LogP) is 2.81. The summed E-state index contributed by atoms with van der Waals surface area (Å²) in [6, 6.07) is 5.89. The molecule has 2 heterocycles. The van der Waals surface area contributed by atoms with E-state index in [2.05, 4.69) is 25.9 Å². The van der Waals surface area contributed by atoms with Crippen LogP contribution >= 0.6 is 11.6 Å². The number of amides is 2. The van der Waals surface area contributed by atoms with Crippen LogP contribution in [0.5, 0.6) is 0 Å². The molecule has 0 aliphatic carbocycles. The van der Waals surface area contributed by atoms with Gasteiger partial charge < -0.3 is 26.0 Å². The van der Waals surface area contributed by atoms with Gasteiger partial charge in [-0.1, -0.05) is 12.1 Å². The van der Waals surface area contributed by atoms with Gasteiger partial charge in [0.2, 0.25) is 17.8 Å². The number of alkyl halides is 4. The highest BCUT2D eigenvalue weighted by Gasteiger charge is 2.36. The van der Waals surface area contributed by atoms with E-state index < -0.39 is 36.0 Å². The summed E-state index contributed by atoms with van der Waals surface area (Å²) in [5.41, 5.74) is -0.675. The maximum atomic E-state index is 13.6. The topological polar surface area (TPSA) is 119 Å². The summed E-state index contributed by atoms with van der Waals surface area (Å²) in [5, 5.41) is 17.1. The van der Waals surface area contributed by atoms with Crippen molar-refractivity contribution < 1.29 is 27.9 Å². The van der Waals surface area contributed by atoms with Gasteiger partial charge in [-0.05, 0) is 25.0 Å². The lowest BCUT2D eigenvalue weighted by Crippen LogP contribution is -2.46. The third-order valence-electron chi connectivity index (χ3n) is 4.91. The number of rotatable bonds is 7. The Labute approximate surface area is 192 Å². The lowest BCUT2D eigenvalue weighted by Gasteiger charge is -2.32. The fourth-order valence-corrected chi connectivity index (χ4v) is 3.44. The Bertz CT molecular complexity index is 1010. The average molecular weight is 487 g/mol. The molecule has 1 atom stereocenters. The Morgan fingerprint density at radius 2 is 1.97 bits per heavy atom. The van der Waals surface area contributed by atoms with Crippen LogP contribution in [-0.2, 0) is 15.8 Å². The number of nitrogens with one attached hydrogen (secondary N) is 3. The number of hydrogen-bond acceptors (Lipinski definition) is 7. The van der Waals surface area contributed by atoms with Crippen LogP contribution in [0.4, 0.5) is 36.3 Å². The molecule has 1 fully saturated rings. The maximum Gasteiger partial charge on any atom is 0.421 e. The Kier molecular flexibility index (Phi) is 7.92. The van der Waals surface area contributed by atoms with Gasteiger partial charge in [0.25, 0.3) is 0 Å². The molecular weight excluding hydrogens is 465 g/mol. The van der Waals surface area contributed by atoms with Crippen molar-refractivity contribution in [3.8, 4) is 0 Å². The minimum absolute atomic E-state index is 0.0592. The quantitative estimate of drug-likeness (QED) is 0.444. The van der Waals surface area contributed by atoms with Crippen molar-refractivity contribution in [2.45, 2.75) is 25.1 Å². The van der Waals surface area contributed by atoms with Gasteiger partial charge in [-0.3, -0.25) is 9.59 Å². The summed E-state index contributed by atoms with van der Waals surface area (Å²) in [5.74, 6) is -1.83. The number of aromatic nitrogens is 2. The van der Waals surface area contributed by atoms with Crippen LogP contribution < -0.4 is 16.0 Å². The smallest absolute Gasteiger partial charge is 0.387 e. The van der Waals surface area contributed by atoms with Crippen LogP contribution in [0.25, 0.3) is 0 Å². The van der Waals surface area contributed by atoms with Crippen LogP contribution in [0.15, 0.2) is 30.5 Å². The Balaban J connectivity index is 1.86. The summed E-state index contributed by atoms with van der Waals surface area (Å²) in [6.07, 6.45) is -2.76. The van der Waals surface area contributed by atoms with Crippen molar-refractivity contribution in [2.24, 2.45) is 0 Å². The number of piperidine rings is 1. The molecule has 2 amide bonds. The molecule has 178 valence electrons. The van der Waals surface area contributed by atoms with Gasteiger partial charge >= 0.3 is 6.18 Å². The highest BCUT2D eigenvalue weighted by molar-refractivity contribution is 6.29. The summed E-state index contributed by atoms with van der Waals surface area (Å²) in [6.45, 7) is 0.139. The molecule has 3 rings (SSSR count). The highest BCUT2D eigenvalue weighted by atomic mass is 35.5. The van der Waals surface area contributed by atoms with E-state index in [9.17, 15) is 22.8 Å². The average Bonchev–Trinajstić information content (AvgIpc) is 2.79. The number of nitrogens with zero attached hydrogens (tertiary/aromatic N) is 3. The van der Waals surface area contributed by atoms with Crippen LogP contribution in [0, 0.1) is 0 Å². The third-order valence-corrected chi connectivity index (χ3v) is 5.16. The van der Waals surface area contributed by atoms with Crippen molar-refractivity contribution in [2.75, 3.05) is 41.5 Å². The molecule has 0 spiro atoms. The first-order valence-electron chi connectivity index (χ1n) is 10.0. The molecule has 4 N–H and O–H groups in total. The van der Waals surface area contributed by atoms with Crippen molar-refractivity contribution in [3.05, 3.63) is 36.0 Å². The van der Waals surface area contributed by atoms with Gasteiger partial charge in [-0.2, -0.15) is 18.2 Å². The number of aliphatic hydroxyl groups excluding tert-OH is 1. The van der Waals surface area contributed by atoms with E-state index in [0.717, 1.165) is 0 Å². The fraction of sp³-hybridized carbons (Fsp3) is 0.400. The molecular formula is C20H22ClF3N6O3. The van der Waals surface area contributed by atoms with E-state index in [1.54, 1.807) is 12.1 Å². The number of aliphatic hydroxyl groups is 1. The van der Waals surface area contributed by atoms with Crippen molar-refractivity contribution >= 4 is 46.6 Å². The van der Waals surface area contributed by atoms with Gasteiger partial charge in [0.05, 0.1) is 11.4 Å². The van der Waals surface area contributed by atoms with Crippen LogP contribution in [-0.4, -0.2) is 63.4 Å². The summed E-state index contributed by atoms with van der Waals surface area (Å²) < 4.78 is 40.8. The van der Waals surface area contributed by atoms with E-state index in [1.165, 1.54) is 17.0 Å². The predicted molar refractivity (Wildman–Crippen MR) is 116 cm³/mol. The lowest BCUT2D eigenvalue weighted by atomic mass is 10.1. The second kappa shape index (κ2) is 10.7. The number of para-hydroxylation sites is 2. The van der Waals surface area contributed by atoms with Gasteiger partial charge in [0.15, 0.2) is 0 Å². The molecule has 0 bridgehead atoms. The van der Waals surface area contributed by atoms with Gasteiger partial charge in [-0.15, -0.1) is 11.6 Å². The van der Waals surface area contributed by atoms with Crippen molar-refractivity contribution in [3.63, 3.8) is 0 Å². The third kappa shape index (κ3) is 6.45. The van der Waals surface area contributed by atoms with E-state index in [-0.39, 0.29) is 35.8 Å². The van der Waals surface area contributed by atoms with Gasteiger partial charge in [-0.25, -0.2) is 4.98 Å². The lowest BCUT2D eigenvalue weighted by molar-refractivity contribution is -0.137. The number of hydrogen-bond donors (Lipinski definition) is 4. The van der Waals surface area contributed by atoms with Gasteiger partial charge in [0.1, 0.15) is 23.9 Å². The zero-order valence-electron chi connectivity index (χ0n) is 17.3. The maximum absolute atomic E-state index is 13.6. The molecule has 0 radical (unpaired) electrons. The molecule has 2 aromatic rings. The van der Waals surface area contributed by atoms with Crippen molar-refractivity contribution in [1.29, 1.82) is 0 Å². The molecule has 13 heteroatoms. The Morgan fingerprint density at radius 3 is 2.64 bits per heavy atom. The Hall–Kier alpha value is -3.12. The number of carbonyl (C=O) groups is 2. The summed E-state index contributed by atoms with van der Waals surface area (Å²) in [7, 11) is 0. The zero-order chi connectivity index (χ0) is 24.0. The molecule has 0 saturated carbocycles. The normalized spacial score (nSPS) is 16.3. The Morgan fingerprint density at radius 1 is 1.24 bits per heavy atom. The number of halogens is 4. The fourth-order valence-electron chi connectivity index (χ4n) is 3.37. The second-order valence-electron chi connectivity index (χ2n) is 7.29. The molecule has 0 unspecified atom stereocenters. The largest absolute Gasteiger partial charge is 0.421 e. The number of likely N-dealkylation sites (tertiary alicyclic amines) is 1. The first-order valence-corrected chi connectivity index (χ1v) is 10.6. The SMILES string of the molecule is O=C(CCl)Nc1ccccc1Nc1nc(N[C@H]2CCCN(C(=O)CO)C2)ncc1C(F)(F)F. The van der Waals surface area contributed by atoms with Crippen LogP contribution in [0.2, 0.25) is 0 Å². The molecule has 9 nitrogen and oxygen atoms in total. The molecule has 1 aliphatic rings. The number of carbonyl (C=O) groups excluding carboxylic acids is 2. The van der Waals surface area contributed by atoms with E-state index in [4.69, 9.17) is 16.7 Å². The highest BCUT2D eigenvalue weighted by Crippen LogP contribution is 2.36. The summed E-state index contributed by atoms with van der Waals surface area (Å²) in [4.78, 5) is 32.7. The monoisotopic (exact) mass is 486 g/mol. The zero-order valence-corrected chi connectivity index (χ0v) is 18.1. The first-order chi connectivity index (χ1) is 15.7. The standard InChI is InChI=1S/C20H22ClF3N6O3/c21-8-16(32)27-14-5-1-2-6-15(14)28-18-13(20(22,23)24)9-25-19(29-18)26-12-4-3-7-30(10-12)17(33)11-31/h1-2,5-6,9,12,31H,3-4,7-8,10-11H2,(H,27,32)(H2,25,26,28,29)/t12-/m0/s1. The van der Waals surface area contributed by atoms with E-state index >= 15 is 0 Å². The summed E-state index contributed by atoms with van der Waals surface area (Å²) >= 11 is 5.50. The molecule has 1 aliphatic heterocycles. The van der Waals surface area contributed by atoms with E-state index in [0.29, 0.717) is 25.6 Å². The molecule has 1 aromatic carbocycles. The first kappa shape index (κ1) is 24.5. The molecule has 33 heavy (non-hydrogen) atoms. The minimum Gasteiger partial charge on any atom is -0.387 e. The van der Waals surface area contributed by atoms with Crippen LogP contribution in [0.3, 0.4) is 0 Å². The van der Waals surface area contributed by atoms with Crippen molar-refractivity contribution in [1.82, 2.24) is 14.9 Å². The van der Waals surface area contributed by atoms with Gasteiger partial charge in [0, 0.05) is 25.3 Å². The number of benzene rings is 1. The number of anilines is 4. The van der Waals surface area contributed by atoms with Crippen LogP contribution in [0.1, 0.15) is 18.4 Å². The minimum atomic E-state index is -4.73. The second-order valence-corrected chi connectivity index (χ2v) is 7.55. The molecule has 1 saturated heterocycles.